The molecule has 1 aromatic rings. The highest BCUT2D eigenvalue weighted by Gasteiger charge is 2.34. The fourth-order valence-corrected chi connectivity index (χ4v) is 1.84. The van der Waals surface area contributed by atoms with E-state index in [0.717, 1.165) is 12.1 Å². The molecule has 0 fully saturated rings. The summed E-state index contributed by atoms with van der Waals surface area (Å²) in [6.45, 7) is 0.114. The second-order valence-corrected chi connectivity index (χ2v) is 3.86. The van der Waals surface area contributed by atoms with Gasteiger partial charge in [0, 0.05) is 11.5 Å². The molecule has 3 nitrogen and oxygen atoms in total. The molecule has 1 aliphatic heterocycles. The molecule has 1 atom stereocenters. The fourth-order valence-electron chi connectivity index (χ4n) is 1.84. The maximum Gasteiger partial charge on any atom is 0.416 e. The topological polar surface area (TPSA) is 46.5 Å². The number of carbonyl (C=O) groups is 1. The predicted octanol–water partition coefficient (Wildman–Crippen LogP) is 2.66. The van der Waals surface area contributed by atoms with Crippen molar-refractivity contribution < 1.29 is 27.8 Å². The molecule has 1 heterocycles. The number of halogens is 3. The third-order valence-electron chi connectivity index (χ3n) is 2.64. The summed E-state index contributed by atoms with van der Waals surface area (Å²) < 4.78 is 42.6. The van der Waals surface area contributed by atoms with Crippen molar-refractivity contribution in [3.8, 4) is 5.75 Å². The molecule has 1 aromatic carbocycles. The number of carboxylic acids is 1. The molecule has 0 radical (unpaired) electrons. The van der Waals surface area contributed by atoms with Crippen LogP contribution in [-0.4, -0.2) is 17.7 Å². The van der Waals surface area contributed by atoms with Gasteiger partial charge >= 0.3 is 12.1 Å². The quantitative estimate of drug-likeness (QED) is 0.872. The second kappa shape index (κ2) is 3.94. The smallest absolute Gasteiger partial charge is 0.416 e. The van der Waals surface area contributed by atoms with E-state index in [9.17, 15) is 18.0 Å². The predicted molar refractivity (Wildman–Crippen MR) is 51.9 cm³/mol. The monoisotopic (exact) mass is 246 g/mol. The first-order valence-corrected chi connectivity index (χ1v) is 4.93. The summed E-state index contributed by atoms with van der Waals surface area (Å²) in [6, 6.07) is 3.14. The molecule has 1 aliphatic rings. The summed E-state index contributed by atoms with van der Waals surface area (Å²) in [6.07, 6.45) is -4.65. The lowest BCUT2D eigenvalue weighted by Gasteiger charge is -2.09. The molecule has 0 saturated carbocycles. The third kappa shape index (κ3) is 2.35. The molecule has 0 aliphatic carbocycles. The minimum absolute atomic E-state index is 0.114. The summed E-state index contributed by atoms with van der Waals surface area (Å²) in [5.41, 5.74) is -0.459. The van der Waals surface area contributed by atoms with Gasteiger partial charge in [-0.2, -0.15) is 13.2 Å². The molecule has 1 N–H and O–H groups in total. The van der Waals surface area contributed by atoms with E-state index in [2.05, 4.69) is 0 Å². The number of carboxylic acid groups (broad SMARTS) is 1. The summed E-state index contributed by atoms with van der Waals surface area (Å²) in [7, 11) is 0. The number of alkyl halides is 3. The van der Waals surface area contributed by atoms with Gasteiger partial charge in [-0.05, 0) is 18.2 Å². The molecular formula is C11H9F3O3. The highest BCUT2D eigenvalue weighted by atomic mass is 19.4. The first-order valence-electron chi connectivity index (χ1n) is 4.93. The van der Waals surface area contributed by atoms with Gasteiger partial charge in [0.1, 0.15) is 5.75 Å². The number of benzene rings is 1. The standard InChI is InChI=1S/C11H9F3O3/c12-11(13,14)7-1-2-9-8(4-7)6(5-17-9)3-10(15)16/h1-2,4,6H,3,5H2,(H,15,16)/t6-/m0/s1. The number of fused-ring (bicyclic) bond motifs is 1. The molecule has 0 aromatic heterocycles. The van der Waals surface area contributed by atoms with Crippen LogP contribution in [0.2, 0.25) is 0 Å². The average Bonchev–Trinajstić information content (AvgIpc) is 2.59. The zero-order valence-electron chi connectivity index (χ0n) is 8.62. The van der Waals surface area contributed by atoms with Crippen molar-refractivity contribution in [2.75, 3.05) is 6.61 Å². The van der Waals surface area contributed by atoms with Crippen LogP contribution in [0.15, 0.2) is 18.2 Å². The highest BCUT2D eigenvalue weighted by molar-refractivity contribution is 5.68. The van der Waals surface area contributed by atoms with E-state index in [1.807, 2.05) is 0 Å². The van der Waals surface area contributed by atoms with E-state index >= 15 is 0 Å². The van der Waals surface area contributed by atoms with Gasteiger partial charge in [-0.1, -0.05) is 0 Å². The Morgan fingerprint density at radius 3 is 2.76 bits per heavy atom. The van der Waals surface area contributed by atoms with Crippen molar-refractivity contribution in [1.82, 2.24) is 0 Å². The highest BCUT2D eigenvalue weighted by Crippen LogP contribution is 2.40. The van der Waals surface area contributed by atoms with Gasteiger partial charge in [0.15, 0.2) is 0 Å². The molecule has 0 amide bonds. The number of rotatable bonds is 2. The Balaban J connectivity index is 2.34. The Hall–Kier alpha value is -1.72. The van der Waals surface area contributed by atoms with Crippen molar-refractivity contribution in [3.05, 3.63) is 29.3 Å². The van der Waals surface area contributed by atoms with Gasteiger partial charge < -0.3 is 9.84 Å². The molecule has 6 heteroatoms. The molecule has 0 bridgehead atoms. The van der Waals surface area contributed by atoms with Crippen LogP contribution in [0.4, 0.5) is 13.2 Å². The maximum atomic E-state index is 12.5. The Labute approximate surface area is 94.8 Å². The number of hydrogen-bond acceptors (Lipinski definition) is 2. The van der Waals surface area contributed by atoms with Gasteiger partial charge in [-0.15, -0.1) is 0 Å². The van der Waals surface area contributed by atoms with Crippen molar-refractivity contribution >= 4 is 5.97 Å². The van der Waals surface area contributed by atoms with Gasteiger partial charge in [-0.3, -0.25) is 4.79 Å². The van der Waals surface area contributed by atoms with Crippen molar-refractivity contribution in [2.24, 2.45) is 0 Å². The Morgan fingerprint density at radius 2 is 2.18 bits per heavy atom. The normalized spacial score (nSPS) is 18.6. The lowest BCUT2D eigenvalue weighted by Crippen LogP contribution is -2.09. The van der Waals surface area contributed by atoms with Crippen LogP contribution >= 0.6 is 0 Å². The van der Waals surface area contributed by atoms with Crippen LogP contribution in [0.3, 0.4) is 0 Å². The molecule has 92 valence electrons. The Bertz CT molecular complexity index is 454. The number of aliphatic carboxylic acids is 1. The zero-order valence-corrected chi connectivity index (χ0v) is 8.62. The molecule has 2 rings (SSSR count). The van der Waals surface area contributed by atoms with Crippen molar-refractivity contribution in [2.45, 2.75) is 18.5 Å². The van der Waals surface area contributed by atoms with E-state index in [4.69, 9.17) is 9.84 Å². The van der Waals surface area contributed by atoms with Crippen LogP contribution in [0.25, 0.3) is 0 Å². The van der Waals surface area contributed by atoms with E-state index in [1.54, 1.807) is 0 Å². The van der Waals surface area contributed by atoms with Gasteiger partial charge in [0.25, 0.3) is 0 Å². The molecule has 0 unspecified atom stereocenters. The van der Waals surface area contributed by atoms with Crippen LogP contribution < -0.4 is 4.74 Å². The SMILES string of the molecule is O=C(O)C[C@H]1COc2ccc(C(F)(F)F)cc21. The number of hydrogen-bond donors (Lipinski definition) is 1. The van der Waals surface area contributed by atoms with Crippen LogP contribution in [0.1, 0.15) is 23.5 Å². The van der Waals surface area contributed by atoms with Crippen LogP contribution in [0, 0.1) is 0 Å². The lowest BCUT2D eigenvalue weighted by molar-refractivity contribution is -0.138. The first kappa shape index (κ1) is 11.8. The minimum atomic E-state index is -4.43. The van der Waals surface area contributed by atoms with E-state index in [-0.39, 0.29) is 13.0 Å². The van der Waals surface area contributed by atoms with Crippen LogP contribution in [0.5, 0.6) is 5.75 Å². The van der Waals surface area contributed by atoms with Gasteiger partial charge in [0.2, 0.25) is 0 Å². The van der Waals surface area contributed by atoms with Crippen molar-refractivity contribution in [3.63, 3.8) is 0 Å². The number of ether oxygens (including phenoxy) is 1. The molecule has 0 spiro atoms. The van der Waals surface area contributed by atoms with Gasteiger partial charge in [-0.25, -0.2) is 0 Å². The van der Waals surface area contributed by atoms with Crippen LogP contribution in [-0.2, 0) is 11.0 Å². The van der Waals surface area contributed by atoms with E-state index < -0.39 is 23.6 Å². The maximum absolute atomic E-state index is 12.5. The second-order valence-electron chi connectivity index (χ2n) is 3.86. The summed E-state index contributed by atoms with van der Waals surface area (Å²) in [5.74, 6) is -1.22. The Morgan fingerprint density at radius 1 is 1.47 bits per heavy atom. The lowest BCUT2D eigenvalue weighted by atomic mass is 9.96. The van der Waals surface area contributed by atoms with E-state index in [1.165, 1.54) is 6.07 Å². The third-order valence-corrected chi connectivity index (χ3v) is 2.64. The van der Waals surface area contributed by atoms with Gasteiger partial charge in [0.05, 0.1) is 18.6 Å². The molecule has 17 heavy (non-hydrogen) atoms. The molecule has 0 saturated heterocycles. The zero-order chi connectivity index (χ0) is 12.6. The minimum Gasteiger partial charge on any atom is -0.493 e. The summed E-state index contributed by atoms with van der Waals surface area (Å²) in [5, 5.41) is 8.65. The Kier molecular flexibility index (Phi) is 2.73. The largest absolute Gasteiger partial charge is 0.493 e. The van der Waals surface area contributed by atoms with Crippen molar-refractivity contribution in [1.29, 1.82) is 0 Å². The fraction of sp³-hybridized carbons (Fsp3) is 0.364. The average molecular weight is 246 g/mol. The first-order chi connectivity index (χ1) is 7.88. The summed E-state index contributed by atoms with van der Waals surface area (Å²) in [4.78, 5) is 10.6. The summed E-state index contributed by atoms with van der Waals surface area (Å²) >= 11 is 0. The van der Waals surface area contributed by atoms with E-state index in [0.29, 0.717) is 11.3 Å². The molecular weight excluding hydrogens is 237 g/mol.